The molecule has 0 fully saturated rings. The molecule has 18 heavy (non-hydrogen) atoms. The van der Waals surface area contributed by atoms with Crippen LogP contribution in [0, 0.1) is 19.3 Å². The first-order valence-corrected chi connectivity index (χ1v) is 7.59. The van der Waals surface area contributed by atoms with E-state index in [9.17, 15) is 0 Å². The standard InChI is InChI=1S/C8H10S2.C6H14S2/c1-5-3-7(9)4-8(10)6(5)2;1-5(2,3)6(4,7)8/h3-4,9-10H,1-2H3;7-8H,1-4H3. The Morgan fingerprint density at radius 3 is 1.56 bits per heavy atom. The first-order valence-electron chi connectivity index (χ1n) is 5.80. The van der Waals surface area contributed by atoms with Crippen molar-refractivity contribution in [1.29, 1.82) is 0 Å². The number of hydrogen-bond acceptors (Lipinski definition) is 4. The predicted molar refractivity (Wildman–Crippen MR) is 96.3 cm³/mol. The van der Waals surface area contributed by atoms with Crippen LogP contribution in [0.15, 0.2) is 21.9 Å². The highest BCUT2D eigenvalue weighted by atomic mass is 32.2. The molecule has 1 aromatic rings. The van der Waals surface area contributed by atoms with Gasteiger partial charge in [-0.25, -0.2) is 0 Å². The van der Waals surface area contributed by atoms with E-state index in [2.05, 4.69) is 85.1 Å². The van der Waals surface area contributed by atoms with Crippen LogP contribution in [0.4, 0.5) is 0 Å². The molecule has 0 saturated carbocycles. The number of thiol groups is 4. The van der Waals surface area contributed by atoms with Crippen LogP contribution < -0.4 is 0 Å². The second-order valence-corrected chi connectivity index (χ2v) is 8.82. The molecule has 0 nitrogen and oxygen atoms in total. The molecule has 104 valence electrons. The molecule has 0 aliphatic heterocycles. The molecule has 0 bridgehead atoms. The molecule has 0 unspecified atom stereocenters. The second-order valence-electron chi connectivity index (χ2n) is 5.68. The fourth-order valence-corrected chi connectivity index (χ4v) is 1.56. The van der Waals surface area contributed by atoms with Crippen LogP contribution in [0.5, 0.6) is 0 Å². The van der Waals surface area contributed by atoms with Gasteiger partial charge in [0, 0.05) is 9.79 Å². The Bertz CT molecular complexity index is 362. The number of hydrogen-bond donors (Lipinski definition) is 4. The van der Waals surface area contributed by atoms with E-state index in [1.54, 1.807) is 0 Å². The van der Waals surface area contributed by atoms with Crippen molar-refractivity contribution in [2.24, 2.45) is 5.41 Å². The van der Waals surface area contributed by atoms with Crippen molar-refractivity contribution in [1.82, 2.24) is 0 Å². The van der Waals surface area contributed by atoms with Gasteiger partial charge in [-0.3, -0.25) is 0 Å². The highest BCUT2D eigenvalue weighted by molar-refractivity contribution is 8.00. The Morgan fingerprint density at radius 1 is 0.889 bits per heavy atom. The Morgan fingerprint density at radius 2 is 1.28 bits per heavy atom. The summed E-state index contributed by atoms with van der Waals surface area (Å²) in [6.45, 7) is 12.5. The summed E-state index contributed by atoms with van der Waals surface area (Å²) in [7, 11) is 0. The van der Waals surface area contributed by atoms with Gasteiger partial charge in [-0.05, 0) is 49.4 Å². The summed E-state index contributed by atoms with van der Waals surface area (Å²) in [5, 5.41) is 0. The monoisotopic (exact) mass is 320 g/mol. The van der Waals surface area contributed by atoms with Crippen molar-refractivity contribution >= 4 is 50.5 Å². The normalized spacial score (nSPS) is 11.9. The third-order valence-electron chi connectivity index (χ3n) is 3.05. The largest absolute Gasteiger partial charge is 0.162 e. The summed E-state index contributed by atoms with van der Waals surface area (Å²) in [6, 6.07) is 3.99. The lowest BCUT2D eigenvalue weighted by Gasteiger charge is -2.32. The second kappa shape index (κ2) is 6.87. The molecular weight excluding hydrogens is 296 g/mol. The molecule has 0 heterocycles. The Kier molecular flexibility index (Phi) is 7.10. The van der Waals surface area contributed by atoms with Crippen molar-refractivity contribution in [2.75, 3.05) is 0 Å². The first kappa shape index (κ1) is 18.6. The molecule has 0 amide bonds. The van der Waals surface area contributed by atoms with E-state index < -0.39 is 0 Å². The maximum atomic E-state index is 4.30. The van der Waals surface area contributed by atoms with Crippen molar-refractivity contribution in [3.63, 3.8) is 0 Å². The van der Waals surface area contributed by atoms with Gasteiger partial charge in [-0.1, -0.05) is 20.8 Å². The smallest absolute Gasteiger partial charge is 0.0571 e. The molecule has 1 aromatic carbocycles. The third kappa shape index (κ3) is 6.18. The van der Waals surface area contributed by atoms with Crippen LogP contribution in [0.25, 0.3) is 0 Å². The summed E-state index contributed by atoms with van der Waals surface area (Å²) in [6.07, 6.45) is 0. The fourth-order valence-electron chi connectivity index (χ4n) is 0.822. The van der Waals surface area contributed by atoms with Crippen LogP contribution in [-0.4, -0.2) is 4.08 Å². The van der Waals surface area contributed by atoms with Crippen LogP contribution in [0.3, 0.4) is 0 Å². The van der Waals surface area contributed by atoms with Gasteiger partial charge in [0.05, 0.1) is 4.08 Å². The van der Waals surface area contributed by atoms with Gasteiger partial charge in [0.1, 0.15) is 0 Å². The summed E-state index contributed by atoms with van der Waals surface area (Å²) in [5.41, 5.74) is 2.65. The molecule has 1 rings (SSSR count). The summed E-state index contributed by atoms with van der Waals surface area (Å²) < 4.78 is -0.174. The number of rotatable bonds is 0. The predicted octanol–water partition coefficient (Wildman–Crippen LogP) is 5.49. The van der Waals surface area contributed by atoms with Gasteiger partial charge in [-0.2, -0.15) is 25.3 Å². The summed E-state index contributed by atoms with van der Waals surface area (Å²) in [4.78, 5) is 2.00. The Labute approximate surface area is 134 Å². The van der Waals surface area contributed by atoms with Gasteiger partial charge < -0.3 is 0 Å². The van der Waals surface area contributed by atoms with E-state index in [4.69, 9.17) is 0 Å². The molecule has 0 aliphatic rings. The average Bonchev–Trinajstić information content (AvgIpc) is 2.11. The average molecular weight is 321 g/mol. The zero-order valence-corrected chi connectivity index (χ0v) is 15.5. The van der Waals surface area contributed by atoms with Gasteiger partial charge in [0.25, 0.3) is 0 Å². The van der Waals surface area contributed by atoms with E-state index in [-0.39, 0.29) is 9.49 Å². The van der Waals surface area contributed by atoms with Crippen LogP contribution in [0.2, 0.25) is 0 Å². The minimum Gasteiger partial charge on any atom is -0.162 e. The molecule has 0 aromatic heterocycles. The van der Waals surface area contributed by atoms with Crippen molar-refractivity contribution in [3.8, 4) is 0 Å². The molecule has 0 N–H and O–H groups in total. The van der Waals surface area contributed by atoms with Crippen molar-refractivity contribution in [3.05, 3.63) is 23.3 Å². The lowest BCUT2D eigenvalue weighted by molar-refractivity contribution is 0.389. The van der Waals surface area contributed by atoms with Gasteiger partial charge in [0.2, 0.25) is 0 Å². The molecule has 0 saturated heterocycles. The molecule has 0 radical (unpaired) electrons. The van der Waals surface area contributed by atoms with Crippen LogP contribution >= 0.6 is 50.5 Å². The first-order chi connectivity index (χ1) is 7.86. The van der Waals surface area contributed by atoms with Crippen molar-refractivity contribution < 1.29 is 0 Å². The van der Waals surface area contributed by atoms with E-state index in [1.165, 1.54) is 11.1 Å². The summed E-state index contributed by atoms with van der Waals surface area (Å²) >= 11 is 17.1. The third-order valence-corrected chi connectivity index (χ3v) is 5.11. The zero-order chi connectivity index (χ0) is 14.7. The van der Waals surface area contributed by atoms with E-state index in [0.29, 0.717) is 0 Å². The Balaban J connectivity index is 0.000000331. The molecular formula is C14H24S4. The fraction of sp³-hybridized carbons (Fsp3) is 0.571. The van der Waals surface area contributed by atoms with Crippen molar-refractivity contribution in [2.45, 2.75) is 55.4 Å². The van der Waals surface area contributed by atoms with E-state index in [1.807, 2.05) is 19.1 Å². The van der Waals surface area contributed by atoms with Crippen LogP contribution in [0.1, 0.15) is 38.8 Å². The van der Waals surface area contributed by atoms with E-state index >= 15 is 0 Å². The topological polar surface area (TPSA) is 0 Å². The minimum atomic E-state index is -0.174. The minimum absolute atomic E-state index is 0.166. The summed E-state index contributed by atoms with van der Waals surface area (Å²) in [5.74, 6) is 0. The lowest BCUT2D eigenvalue weighted by atomic mass is 9.92. The molecule has 4 heteroatoms. The number of benzene rings is 1. The number of aryl methyl sites for hydroxylation is 1. The van der Waals surface area contributed by atoms with Gasteiger partial charge >= 0.3 is 0 Å². The lowest BCUT2D eigenvalue weighted by Crippen LogP contribution is -2.27. The maximum absolute atomic E-state index is 4.30. The highest BCUT2D eigenvalue weighted by Gasteiger charge is 2.29. The Hall–Kier alpha value is 0.620. The van der Waals surface area contributed by atoms with Gasteiger partial charge in [-0.15, -0.1) is 25.3 Å². The van der Waals surface area contributed by atoms with E-state index in [0.717, 1.165) is 9.79 Å². The molecule has 0 spiro atoms. The zero-order valence-electron chi connectivity index (χ0n) is 11.9. The van der Waals surface area contributed by atoms with Crippen LogP contribution in [-0.2, 0) is 0 Å². The quantitative estimate of drug-likeness (QED) is 0.353. The maximum Gasteiger partial charge on any atom is 0.0571 e. The SMILES string of the molecule is CC(C)(C)C(C)(S)S.Cc1cc(S)cc(S)c1C. The molecule has 0 aliphatic carbocycles. The van der Waals surface area contributed by atoms with Gasteiger partial charge in [0.15, 0.2) is 0 Å². The highest BCUT2D eigenvalue weighted by Crippen LogP contribution is 2.38. The molecule has 0 atom stereocenters.